The number of hydrogen-bond donors (Lipinski definition) is 2. The normalized spacial score (nSPS) is 11.9. The average molecular weight is 342 g/mol. The van der Waals surface area contributed by atoms with Crippen molar-refractivity contribution in [2.75, 3.05) is 19.6 Å². The maximum absolute atomic E-state index is 12.4. The van der Waals surface area contributed by atoms with Gasteiger partial charge in [-0.05, 0) is 25.1 Å². The molecule has 22 heavy (non-hydrogen) atoms. The lowest BCUT2D eigenvalue weighted by Gasteiger charge is -2.10. The molecule has 0 unspecified atom stereocenters. The fraction of sp³-hybridized carbons (Fsp3) is 0.400. The molecule has 5 nitrogen and oxygen atoms in total. The van der Waals surface area contributed by atoms with Crippen LogP contribution in [0.3, 0.4) is 0 Å². The van der Waals surface area contributed by atoms with Gasteiger partial charge >= 0.3 is 0 Å². The van der Waals surface area contributed by atoms with Crippen LogP contribution < -0.4 is 10.0 Å². The summed E-state index contributed by atoms with van der Waals surface area (Å²) >= 11 is 6.02. The van der Waals surface area contributed by atoms with E-state index in [9.17, 15) is 8.42 Å². The topological polar surface area (TPSA) is 71.1 Å². The molecular formula is C15H20ClN3O2S. The zero-order valence-electron chi connectivity index (χ0n) is 12.5. The SMILES string of the molecule is CCCCNCCNS(=O)(=O)c1cccc2c(Cl)nccc12. The number of nitrogens with one attached hydrogen (secondary N) is 2. The highest BCUT2D eigenvalue weighted by Gasteiger charge is 2.17. The lowest BCUT2D eigenvalue weighted by Crippen LogP contribution is -2.32. The number of benzene rings is 1. The molecule has 0 aliphatic carbocycles. The minimum absolute atomic E-state index is 0.225. The van der Waals surface area contributed by atoms with Crippen LogP contribution in [0.25, 0.3) is 10.8 Å². The molecule has 1 aromatic carbocycles. The van der Waals surface area contributed by atoms with Gasteiger partial charge < -0.3 is 5.32 Å². The summed E-state index contributed by atoms with van der Waals surface area (Å²) in [5, 5.41) is 4.71. The Morgan fingerprint density at radius 2 is 1.95 bits per heavy atom. The van der Waals surface area contributed by atoms with Crippen LogP contribution in [0.4, 0.5) is 0 Å². The second-order valence-corrected chi connectivity index (χ2v) is 7.05. The van der Waals surface area contributed by atoms with Crippen LogP contribution >= 0.6 is 11.6 Å². The van der Waals surface area contributed by atoms with Gasteiger partial charge in [0.1, 0.15) is 5.15 Å². The maximum atomic E-state index is 12.4. The number of fused-ring (bicyclic) bond motifs is 1. The highest BCUT2D eigenvalue weighted by Crippen LogP contribution is 2.26. The van der Waals surface area contributed by atoms with E-state index in [1.165, 1.54) is 6.20 Å². The van der Waals surface area contributed by atoms with Gasteiger partial charge in [-0.15, -0.1) is 0 Å². The molecule has 0 saturated heterocycles. The monoisotopic (exact) mass is 341 g/mol. The molecule has 0 aliphatic heterocycles. The third-order valence-corrected chi connectivity index (χ3v) is 5.13. The summed E-state index contributed by atoms with van der Waals surface area (Å²) in [7, 11) is -3.57. The van der Waals surface area contributed by atoms with Crippen LogP contribution in [-0.4, -0.2) is 33.0 Å². The van der Waals surface area contributed by atoms with Crippen LogP contribution in [0.5, 0.6) is 0 Å². The number of halogens is 1. The van der Waals surface area contributed by atoms with Gasteiger partial charge in [0.05, 0.1) is 4.90 Å². The second kappa shape index (κ2) is 7.87. The predicted octanol–water partition coefficient (Wildman–Crippen LogP) is 2.56. The number of nitrogens with zero attached hydrogens (tertiary/aromatic N) is 1. The number of pyridine rings is 1. The molecule has 7 heteroatoms. The van der Waals surface area contributed by atoms with Gasteiger partial charge in [0, 0.05) is 30.1 Å². The first-order chi connectivity index (χ1) is 10.6. The molecule has 0 spiro atoms. The van der Waals surface area contributed by atoms with E-state index in [-0.39, 0.29) is 4.90 Å². The highest BCUT2D eigenvalue weighted by atomic mass is 35.5. The van der Waals surface area contributed by atoms with E-state index in [1.54, 1.807) is 24.3 Å². The van der Waals surface area contributed by atoms with Gasteiger partial charge in [-0.2, -0.15) is 0 Å². The van der Waals surface area contributed by atoms with E-state index < -0.39 is 10.0 Å². The van der Waals surface area contributed by atoms with Crippen molar-refractivity contribution in [3.8, 4) is 0 Å². The molecule has 120 valence electrons. The smallest absolute Gasteiger partial charge is 0.241 e. The molecule has 0 radical (unpaired) electrons. The van der Waals surface area contributed by atoms with Crippen molar-refractivity contribution in [3.05, 3.63) is 35.6 Å². The summed E-state index contributed by atoms with van der Waals surface area (Å²) in [6, 6.07) is 6.67. The standard InChI is InChI=1S/C15H20ClN3O2S/c1-2-3-8-17-10-11-19-22(20,21)14-6-4-5-13-12(14)7-9-18-15(13)16/h4-7,9,17,19H,2-3,8,10-11H2,1H3. The minimum Gasteiger partial charge on any atom is -0.315 e. The Kier molecular flexibility index (Phi) is 6.14. The van der Waals surface area contributed by atoms with Crippen molar-refractivity contribution < 1.29 is 8.42 Å². The zero-order valence-corrected chi connectivity index (χ0v) is 14.0. The van der Waals surface area contributed by atoms with E-state index in [2.05, 4.69) is 21.9 Å². The van der Waals surface area contributed by atoms with Crippen molar-refractivity contribution in [2.24, 2.45) is 0 Å². The molecule has 0 bridgehead atoms. The van der Waals surface area contributed by atoms with Crippen LogP contribution in [0.2, 0.25) is 5.15 Å². The summed E-state index contributed by atoms with van der Waals surface area (Å²) < 4.78 is 27.5. The quantitative estimate of drug-likeness (QED) is 0.572. The summed E-state index contributed by atoms with van der Waals surface area (Å²) in [5.74, 6) is 0. The van der Waals surface area contributed by atoms with Gasteiger partial charge in [-0.1, -0.05) is 37.1 Å². The number of hydrogen-bond acceptors (Lipinski definition) is 4. The second-order valence-electron chi connectivity index (χ2n) is 4.95. The Morgan fingerprint density at radius 1 is 1.14 bits per heavy atom. The Labute approximate surface area is 136 Å². The van der Waals surface area contributed by atoms with Gasteiger partial charge in [-0.25, -0.2) is 18.1 Å². The van der Waals surface area contributed by atoms with Crippen molar-refractivity contribution in [1.82, 2.24) is 15.0 Å². The summed E-state index contributed by atoms with van der Waals surface area (Å²) in [4.78, 5) is 4.20. The summed E-state index contributed by atoms with van der Waals surface area (Å²) in [6.07, 6.45) is 3.71. The van der Waals surface area contributed by atoms with E-state index >= 15 is 0 Å². The van der Waals surface area contributed by atoms with Crippen LogP contribution in [0, 0.1) is 0 Å². The van der Waals surface area contributed by atoms with Crippen molar-refractivity contribution in [3.63, 3.8) is 0 Å². The number of rotatable bonds is 8. The fourth-order valence-electron chi connectivity index (χ4n) is 2.16. The number of sulfonamides is 1. The first kappa shape index (κ1) is 17.1. The van der Waals surface area contributed by atoms with Gasteiger partial charge in [0.25, 0.3) is 0 Å². The van der Waals surface area contributed by atoms with Crippen LogP contribution in [0.1, 0.15) is 19.8 Å². The highest BCUT2D eigenvalue weighted by molar-refractivity contribution is 7.89. The third-order valence-electron chi connectivity index (χ3n) is 3.31. The van der Waals surface area contributed by atoms with E-state index in [0.29, 0.717) is 29.0 Å². The lowest BCUT2D eigenvalue weighted by molar-refractivity contribution is 0.574. The van der Waals surface area contributed by atoms with Crippen LogP contribution in [0.15, 0.2) is 35.4 Å². The Bertz CT molecular complexity index is 735. The van der Waals surface area contributed by atoms with Gasteiger partial charge in [0.2, 0.25) is 10.0 Å². The van der Waals surface area contributed by atoms with Crippen molar-refractivity contribution in [2.45, 2.75) is 24.7 Å². The summed E-state index contributed by atoms with van der Waals surface area (Å²) in [5.41, 5.74) is 0. The molecule has 2 N–H and O–H groups in total. The molecule has 2 aromatic rings. The molecule has 1 aromatic heterocycles. The van der Waals surface area contributed by atoms with Crippen LogP contribution in [-0.2, 0) is 10.0 Å². The van der Waals surface area contributed by atoms with Crippen molar-refractivity contribution >= 4 is 32.4 Å². The maximum Gasteiger partial charge on any atom is 0.241 e. The van der Waals surface area contributed by atoms with Crippen molar-refractivity contribution in [1.29, 1.82) is 0 Å². The average Bonchev–Trinajstić information content (AvgIpc) is 2.50. The Morgan fingerprint density at radius 3 is 2.73 bits per heavy atom. The minimum atomic E-state index is -3.57. The molecule has 0 amide bonds. The fourth-order valence-corrected chi connectivity index (χ4v) is 3.63. The summed E-state index contributed by atoms with van der Waals surface area (Å²) in [6.45, 7) is 3.96. The van der Waals surface area contributed by atoms with E-state index in [4.69, 9.17) is 11.6 Å². The Balaban J connectivity index is 2.11. The first-order valence-electron chi connectivity index (χ1n) is 7.30. The zero-order chi connectivity index (χ0) is 16.0. The van der Waals surface area contributed by atoms with E-state index in [1.807, 2.05) is 0 Å². The van der Waals surface area contributed by atoms with E-state index in [0.717, 1.165) is 19.4 Å². The molecule has 1 heterocycles. The Hall–Kier alpha value is -1.21. The molecule has 0 aliphatic rings. The third kappa shape index (κ3) is 4.16. The molecule has 2 rings (SSSR count). The number of aromatic nitrogens is 1. The first-order valence-corrected chi connectivity index (χ1v) is 9.16. The number of unbranched alkanes of at least 4 members (excludes halogenated alkanes) is 1. The molecule has 0 fully saturated rings. The predicted molar refractivity (Wildman–Crippen MR) is 89.7 cm³/mol. The molecular weight excluding hydrogens is 322 g/mol. The molecule has 0 saturated carbocycles. The molecule has 0 atom stereocenters. The van der Waals surface area contributed by atoms with Gasteiger partial charge in [-0.3, -0.25) is 0 Å². The lowest BCUT2D eigenvalue weighted by atomic mass is 10.2. The largest absolute Gasteiger partial charge is 0.315 e. The van der Waals surface area contributed by atoms with Gasteiger partial charge in [0.15, 0.2) is 0 Å².